The van der Waals surface area contributed by atoms with Gasteiger partial charge in [0.2, 0.25) is 0 Å². The van der Waals surface area contributed by atoms with Gasteiger partial charge in [-0.15, -0.1) is 0 Å². The van der Waals surface area contributed by atoms with Crippen LogP contribution in [-0.4, -0.2) is 185 Å². The van der Waals surface area contributed by atoms with Crippen molar-refractivity contribution in [2.45, 2.75) is 201 Å². The molecule has 2 rings (SSSR count). The molecular weight excluding hydrogens is 1180 g/mol. The molecule has 466 valence electrons. The molecule has 0 aromatic heterocycles. The van der Waals surface area contributed by atoms with Crippen molar-refractivity contribution in [3.63, 3.8) is 0 Å². The number of sulfonamides is 1. The maximum Gasteiger partial charge on any atom is 0.347 e. The Morgan fingerprint density at radius 1 is 0.470 bits per heavy atom. The Bertz CT molecular complexity index is 2810. The quantitative estimate of drug-likeness (QED) is 0.0735. The average molecular weight is 1250 g/mol. The van der Waals surface area contributed by atoms with E-state index in [0.717, 1.165) is 76.2 Å². The van der Waals surface area contributed by atoms with Gasteiger partial charge in [-0.1, -0.05) is 25.6 Å². The lowest BCUT2D eigenvalue weighted by Gasteiger charge is -2.23. The van der Waals surface area contributed by atoms with Gasteiger partial charge in [0.25, 0.3) is 15.9 Å². The molecule has 0 aromatic carbocycles. The minimum atomic E-state index is -4.69. The summed E-state index contributed by atoms with van der Waals surface area (Å²) in [5, 5.41) is 2.21. The van der Waals surface area contributed by atoms with Crippen LogP contribution < -0.4 is 10.0 Å². The second kappa shape index (κ2) is 31.5. The lowest BCUT2D eigenvalue weighted by atomic mass is 10.0. The predicted octanol–water partition coefficient (Wildman–Crippen LogP) is 0.00770. The van der Waals surface area contributed by atoms with E-state index in [9.17, 15) is 79.2 Å². The number of amides is 1. The van der Waals surface area contributed by atoms with Crippen molar-refractivity contribution in [3.8, 4) is 0 Å². The smallest absolute Gasteiger partial charge is 0.347 e. The standard InChI is InChI=1S/C49H68N2O29S3/c1-16-35(52)69-22(5)38(54)71-24(7)40(56)73-26(9)42(58)75-28(11)44(60)77-30(13)46(62)79-32(15)48(64)80-31(14)47(63)78-29(12)45(61)76-27(10)43(59)74-25(8)41(57)72-23(6)39(55)70-21(4)37(53)51-83(67,68)36-19-34(50-17-2)33-18-20(3)82(65,66)49(33)81-36/h19-32,34,50H,16-18H2,1-15H3,(H,51,53)/t20-,21-,22-,23-,24-,25-,26-,27-,28-,29-,30-,31-,32-,34-/m0/s1. The summed E-state index contributed by atoms with van der Waals surface area (Å²) >= 11 is 0.464. The first-order chi connectivity index (χ1) is 38.3. The van der Waals surface area contributed by atoms with Crippen molar-refractivity contribution in [2.75, 3.05) is 6.54 Å². The monoisotopic (exact) mass is 1240 g/mol. The van der Waals surface area contributed by atoms with E-state index in [1.54, 1.807) is 11.6 Å². The zero-order valence-corrected chi connectivity index (χ0v) is 50.3. The minimum Gasteiger partial charge on any atom is -0.451 e. The van der Waals surface area contributed by atoms with Gasteiger partial charge < -0.3 is 62.2 Å². The van der Waals surface area contributed by atoms with Gasteiger partial charge in [0.15, 0.2) is 83.1 Å². The second-order valence-electron chi connectivity index (χ2n) is 18.3. The van der Waals surface area contributed by atoms with Gasteiger partial charge in [-0.05, 0) is 115 Å². The molecule has 2 heterocycles. The van der Waals surface area contributed by atoms with Crippen LogP contribution in [0.15, 0.2) is 20.1 Å². The zero-order valence-electron chi connectivity index (χ0n) is 47.8. The first-order valence-electron chi connectivity index (χ1n) is 25.4. The third-order valence-electron chi connectivity index (χ3n) is 11.2. The summed E-state index contributed by atoms with van der Waals surface area (Å²) in [4.78, 5) is 163. The van der Waals surface area contributed by atoms with Gasteiger partial charge in [0.1, 0.15) is 8.47 Å². The van der Waals surface area contributed by atoms with Crippen LogP contribution in [0.25, 0.3) is 0 Å². The van der Waals surface area contributed by atoms with Crippen LogP contribution in [0, 0.1) is 0 Å². The lowest BCUT2D eigenvalue weighted by Crippen LogP contribution is -2.42. The van der Waals surface area contributed by atoms with Crippen molar-refractivity contribution in [2.24, 2.45) is 0 Å². The summed E-state index contributed by atoms with van der Waals surface area (Å²) in [5.74, 6) is -16.2. The summed E-state index contributed by atoms with van der Waals surface area (Å²) < 4.78 is 112. The number of carbonyl (C=O) groups excluding carboxylic acids is 13. The van der Waals surface area contributed by atoms with E-state index in [-0.39, 0.29) is 17.1 Å². The third-order valence-corrected chi connectivity index (χ3v) is 17.0. The van der Waals surface area contributed by atoms with E-state index in [4.69, 9.17) is 56.8 Å². The average Bonchev–Trinajstić information content (AvgIpc) is 3.31. The van der Waals surface area contributed by atoms with E-state index in [1.807, 2.05) is 0 Å². The highest BCUT2D eigenvalue weighted by molar-refractivity contribution is 8.28. The molecule has 0 bridgehead atoms. The Morgan fingerprint density at radius 2 is 0.723 bits per heavy atom. The molecule has 83 heavy (non-hydrogen) atoms. The molecule has 0 aliphatic carbocycles. The number of hydrogen-bond donors (Lipinski definition) is 2. The first-order valence-corrected chi connectivity index (χ1v) is 29.3. The molecule has 1 amide bonds. The van der Waals surface area contributed by atoms with Gasteiger partial charge in [-0.2, -0.15) is 0 Å². The number of rotatable bonds is 29. The van der Waals surface area contributed by atoms with Crippen molar-refractivity contribution < 1.29 is 136 Å². The maximum absolute atomic E-state index is 13.2. The van der Waals surface area contributed by atoms with Crippen LogP contribution >= 0.6 is 11.8 Å². The molecule has 2 N–H and O–H groups in total. The Hall–Kier alpha value is -7.20. The number of ether oxygens (including phenoxy) is 12. The number of sulfone groups is 1. The van der Waals surface area contributed by atoms with E-state index in [1.165, 1.54) is 26.8 Å². The third kappa shape index (κ3) is 21.2. The summed E-state index contributed by atoms with van der Waals surface area (Å²) in [5.41, 5.74) is 0.490. The largest absolute Gasteiger partial charge is 0.451 e. The Labute approximate surface area is 481 Å². The SMILES string of the molecule is CCN[C@H]1C=C(S(=O)(=O)NC(=O)[C@H](C)OC(=O)[C@H](C)OC(=O)[C@H](C)OC(=O)[C@H](C)OC(=O)[C@H](C)OC(=O)[C@H](C)OC(=O)[C@H](C)OC(=O)[C@H](C)OC(=O)[C@H](C)OC(=O)[C@H](C)OC(=O)[C@H](C)OC(=O)[C@H](C)OC(=O)CC)SC2=C1C[C@H](C)S2(=O)=O. The van der Waals surface area contributed by atoms with Crippen LogP contribution in [0.4, 0.5) is 0 Å². The summed E-state index contributed by atoms with van der Waals surface area (Å²) in [6.45, 7) is 17.6. The van der Waals surface area contributed by atoms with E-state index in [2.05, 4.69) is 5.32 Å². The van der Waals surface area contributed by atoms with Crippen molar-refractivity contribution in [1.29, 1.82) is 0 Å². The molecule has 14 atom stereocenters. The van der Waals surface area contributed by atoms with E-state index in [0.29, 0.717) is 23.9 Å². The van der Waals surface area contributed by atoms with Gasteiger partial charge in [0, 0.05) is 6.42 Å². The van der Waals surface area contributed by atoms with Gasteiger partial charge >= 0.3 is 71.6 Å². The van der Waals surface area contributed by atoms with Gasteiger partial charge in [-0.3, -0.25) is 9.59 Å². The summed E-state index contributed by atoms with van der Waals surface area (Å²) in [7, 11) is -8.53. The molecule has 2 aliphatic rings. The van der Waals surface area contributed by atoms with Gasteiger partial charge in [0.05, 0.1) is 11.3 Å². The molecule has 0 aromatic rings. The molecule has 2 aliphatic heterocycles. The first kappa shape index (κ1) is 71.9. The molecule has 31 nitrogen and oxygen atoms in total. The molecular formula is C49H68N2O29S3. The van der Waals surface area contributed by atoms with E-state index >= 15 is 0 Å². The molecule has 0 saturated heterocycles. The molecule has 0 radical (unpaired) electrons. The zero-order chi connectivity index (χ0) is 63.8. The number of hydrogen-bond acceptors (Lipinski definition) is 31. The predicted molar refractivity (Wildman–Crippen MR) is 277 cm³/mol. The Morgan fingerprint density at radius 3 is 0.976 bits per heavy atom. The van der Waals surface area contributed by atoms with Crippen molar-refractivity contribution in [1.82, 2.24) is 10.0 Å². The number of nitrogens with one attached hydrogen (secondary N) is 2. The fourth-order valence-electron chi connectivity index (χ4n) is 6.25. The summed E-state index contributed by atoms with van der Waals surface area (Å²) in [6.07, 6.45) is -19.0. The van der Waals surface area contributed by atoms with Crippen LogP contribution in [0.5, 0.6) is 0 Å². The van der Waals surface area contributed by atoms with Crippen LogP contribution in [0.3, 0.4) is 0 Å². The molecule has 0 unspecified atom stereocenters. The van der Waals surface area contributed by atoms with Gasteiger partial charge in [-0.25, -0.2) is 74.3 Å². The molecule has 0 saturated carbocycles. The normalized spacial score (nSPS) is 19.7. The van der Waals surface area contributed by atoms with E-state index < -0.39 is 186 Å². The molecule has 34 heteroatoms. The fourth-order valence-corrected chi connectivity index (χ4v) is 11.4. The fraction of sp³-hybridized carbons (Fsp3) is 0.653. The molecule has 0 fully saturated rings. The molecule has 0 spiro atoms. The minimum absolute atomic E-state index is 0.0238. The number of esters is 12. The second-order valence-corrected chi connectivity index (χ2v) is 23.8. The van der Waals surface area contributed by atoms with Crippen LogP contribution in [0.2, 0.25) is 0 Å². The highest BCUT2D eigenvalue weighted by Gasteiger charge is 2.45. The van der Waals surface area contributed by atoms with Crippen LogP contribution in [0.1, 0.15) is 117 Å². The van der Waals surface area contributed by atoms with Crippen molar-refractivity contribution >= 4 is 109 Å². The highest BCUT2D eigenvalue weighted by Crippen LogP contribution is 2.48. The highest BCUT2D eigenvalue weighted by atomic mass is 32.3. The lowest BCUT2D eigenvalue weighted by molar-refractivity contribution is -0.190. The maximum atomic E-state index is 13.2. The number of likely N-dealkylation sites (N-methyl/N-ethyl adjacent to an activating group) is 1. The number of thioether (sulfide) groups is 1. The summed E-state index contributed by atoms with van der Waals surface area (Å²) in [6, 6.07) is -0.756. The Balaban J connectivity index is 1.80. The van der Waals surface area contributed by atoms with Crippen LogP contribution in [-0.2, 0) is 139 Å². The van der Waals surface area contributed by atoms with Crippen molar-refractivity contribution in [3.05, 3.63) is 20.1 Å². The Kier molecular flexibility index (Phi) is 27.3. The number of carbonyl (C=O) groups is 13. The topological polar surface area (TPSA) is 425 Å².